The van der Waals surface area contributed by atoms with Gasteiger partial charge >= 0.3 is 5.97 Å². The summed E-state index contributed by atoms with van der Waals surface area (Å²) in [6.45, 7) is 4.53. The number of aliphatic carboxylic acids is 1. The van der Waals surface area contributed by atoms with Gasteiger partial charge < -0.3 is 10.0 Å². The fourth-order valence-electron chi connectivity index (χ4n) is 1.83. The van der Waals surface area contributed by atoms with Gasteiger partial charge in [0.05, 0.1) is 5.92 Å². The van der Waals surface area contributed by atoms with E-state index >= 15 is 0 Å². The summed E-state index contributed by atoms with van der Waals surface area (Å²) in [5.41, 5.74) is 0. The Morgan fingerprint density at radius 3 is 3.00 bits per heavy atom. The largest absolute Gasteiger partial charge is 0.481 e. The second-order valence-electron chi connectivity index (χ2n) is 3.94. The van der Waals surface area contributed by atoms with Crippen LogP contribution < -0.4 is 0 Å². The van der Waals surface area contributed by atoms with Gasteiger partial charge in [0.2, 0.25) is 0 Å². The lowest BCUT2D eigenvalue weighted by Crippen LogP contribution is -2.41. The molecule has 0 aromatic carbocycles. The number of alkyl halides is 1. The maximum absolute atomic E-state index is 10.8. The van der Waals surface area contributed by atoms with Crippen molar-refractivity contribution in [3.05, 3.63) is 0 Å². The molecule has 4 heteroatoms. The van der Waals surface area contributed by atoms with Gasteiger partial charge in [0.25, 0.3) is 0 Å². The van der Waals surface area contributed by atoms with Gasteiger partial charge in [-0.15, -0.1) is 11.6 Å². The van der Waals surface area contributed by atoms with Crippen molar-refractivity contribution in [1.82, 2.24) is 4.90 Å². The zero-order chi connectivity index (χ0) is 10.6. The van der Waals surface area contributed by atoms with Gasteiger partial charge in [0.15, 0.2) is 0 Å². The molecule has 1 fully saturated rings. The number of carbonyl (C=O) groups is 1. The Labute approximate surface area is 90.0 Å². The maximum atomic E-state index is 10.8. The van der Waals surface area contributed by atoms with Crippen molar-refractivity contribution in [3.63, 3.8) is 0 Å². The summed E-state index contributed by atoms with van der Waals surface area (Å²) in [4.78, 5) is 13.0. The summed E-state index contributed by atoms with van der Waals surface area (Å²) in [5, 5.41) is 9.04. The number of halogens is 1. The number of nitrogens with zero attached hydrogens (tertiary/aromatic N) is 1. The predicted octanol–water partition coefficient (Wildman–Crippen LogP) is 1.80. The molecule has 1 saturated heterocycles. The summed E-state index contributed by atoms with van der Waals surface area (Å²) >= 11 is 6.04. The lowest BCUT2D eigenvalue weighted by molar-refractivity contribution is -0.143. The highest BCUT2D eigenvalue weighted by atomic mass is 35.5. The first-order valence-corrected chi connectivity index (χ1v) is 5.66. The van der Waals surface area contributed by atoms with Crippen LogP contribution in [-0.2, 0) is 4.79 Å². The van der Waals surface area contributed by atoms with Gasteiger partial charge in [-0.1, -0.05) is 6.92 Å². The molecular formula is C10H18ClNO2. The minimum atomic E-state index is -0.669. The second-order valence-corrected chi connectivity index (χ2v) is 4.56. The molecule has 1 rings (SSSR count). The number of likely N-dealkylation sites (tertiary alicyclic amines) is 1. The second kappa shape index (κ2) is 5.56. The quantitative estimate of drug-likeness (QED) is 0.734. The van der Waals surface area contributed by atoms with Crippen LogP contribution in [0.2, 0.25) is 0 Å². The summed E-state index contributed by atoms with van der Waals surface area (Å²) in [6, 6.07) is 0. The van der Waals surface area contributed by atoms with E-state index in [4.69, 9.17) is 16.7 Å². The molecular weight excluding hydrogens is 202 g/mol. The van der Waals surface area contributed by atoms with Gasteiger partial charge in [-0.05, 0) is 25.8 Å². The summed E-state index contributed by atoms with van der Waals surface area (Å²) < 4.78 is 0. The first kappa shape index (κ1) is 11.8. The van der Waals surface area contributed by atoms with E-state index in [9.17, 15) is 4.79 Å². The van der Waals surface area contributed by atoms with Crippen LogP contribution in [0.25, 0.3) is 0 Å². The molecule has 14 heavy (non-hydrogen) atoms. The standard InChI is InChI=1S/C10H18ClNO2/c1-2-9(11)7-12-5-3-4-8(6-12)10(13)14/h8-9H,2-7H2,1H3,(H,13,14). The minimum absolute atomic E-state index is 0.155. The van der Waals surface area contributed by atoms with Crippen molar-refractivity contribution in [3.8, 4) is 0 Å². The lowest BCUT2D eigenvalue weighted by atomic mass is 9.98. The predicted molar refractivity (Wildman–Crippen MR) is 56.7 cm³/mol. The number of hydrogen-bond acceptors (Lipinski definition) is 2. The van der Waals surface area contributed by atoms with E-state index in [-0.39, 0.29) is 11.3 Å². The van der Waals surface area contributed by atoms with Crippen LogP contribution in [0.15, 0.2) is 0 Å². The SMILES string of the molecule is CCC(Cl)CN1CCCC(C(=O)O)C1. The van der Waals surface area contributed by atoms with E-state index in [0.717, 1.165) is 32.4 Å². The fraction of sp³-hybridized carbons (Fsp3) is 0.900. The number of rotatable bonds is 4. The highest BCUT2D eigenvalue weighted by molar-refractivity contribution is 6.20. The highest BCUT2D eigenvalue weighted by Crippen LogP contribution is 2.18. The Balaban J connectivity index is 2.36. The van der Waals surface area contributed by atoms with Crippen LogP contribution >= 0.6 is 11.6 Å². The molecule has 0 bridgehead atoms. The van der Waals surface area contributed by atoms with E-state index < -0.39 is 5.97 Å². The molecule has 0 saturated carbocycles. The molecule has 1 aliphatic rings. The summed E-state index contributed by atoms with van der Waals surface area (Å²) in [7, 11) is 0. The number of carboxylic acids is 1. The van der Waals surface area contributed by atoms with Gasteiger partial charge in [-0.2, -0.15) is 0 Å². The molecule has 0 amide bonds. The Bertz CT molecular complexity index is 199. The lowest BCUT2D eigenvalue weighted by Gasteiger charge is -2.31. The van der Waals surface area contributed by atoms with Gasteiger partial charge in [0, 0.05) is 18.5 Å². The average molecular weight is 220 g/mol. The van der Waals surface area contributed by atoms with Crippen LogP contribution in [0, 0.1) is 5.92 Å². The minimum Gasteiger partial charge on any atom is -0.481 e. The van der Waals surface area contributed by atoms with Gasteiger partial charge in [-0.3, -0.25) is 4.79 Å². The van der Waals surface area contributed by atoms with E-state index in [1.165, 1.54) is 0 Å². The molecule has 1 N–H and O–H groups in total. The van der Waals surface area contributed by atoms with Crippen molar-refractivity contribution in [2.24, 2.45) is 5.92 Å². The number of piperidine rings is 1. The molecule has 0 radical (unpaired) electrons. The first-order valence-electron chi connectivity index (χ1n) is 5.22. The summed E-state index contributed by atoms with van der Waals surface area (Å²) in [5.74, 6) is -0.859. The molecule has 2 unspecified atom stereocenters. The number of hydrogen-bond donors (Lipinski definition) is 1. The first-order chi connectivity index (χ1) is 6.63. The molecule has 0 aromatic rings. The zero-order valence-corrected chi connectivity index (χ0v) is 9.33. The molecule has 0 aliphatic carbocycles. The monoisotopic (exact) mass is 219 g/mol. The Morgan fingerprint density at radius 2 is 2.43 bits per heavy atom. The summed E-state index contributed by atoms with van der Waals surface area (Å²) in [6.07, 6.45) is 2.73. The highest BCUT2D eigenvalue weighted by Gasteiger charge is 2.25. The smallest absolute Gasteiger partial charge is 0.307 e. The molecule has 2 atom stereocenters. The van der Waals surface area contributed by atoms with Crippen LogP contribution in [-0.4, -0.2) is 41.0 Å². The van der Waals surface area contributed by atoms with Crippen LogP contribution in [0.1, 0.15) is 26.2 Å². The third-order valence-electron chi connectivity index (χ3n) is 2.75. The maximum Gasteiger partial charge on any atom is 0.307 e. The fourth-order valence-corrected chi connectivity index (χ4v) is 2.03. The average Bonchev–Trinajstić information content (AvgIpc) is 2.18. The molecule has 0 aromatic heterocycles. The van der Waals surface area contributed by atoms with Crippen LogP contribution in [0.4, 0.5) is 0 Å². The third-order valence-corrected chi connectivity index (χ3v) is 3.20. The Hall–Kier alpha value is -0.280. The molecule has 1 aliphatic heterocycles. The molecule has 1 heterocycles. The van der Waals surface area contributed by atoms with Crippen molar-refractivity contribution in [1.29, 1.82) is 0 Å². The molecule has 0 spiro atoms. The van der Waals surface area contributed by atoms with E-state index in [2.05, 4.69) is 11.8 Å². The molecule has 3 nitrogen and oxygen atoms in total. The topological polar surface area (TPSA) is 40.5 Å². The van der Waals surface area contributed by atoms with Crippen LogP contribution in [0.3, 0.4) is 0 Å². The van der Waals surface area contributed by atoms with Gasteiger partial charge in [0.1, 0.15) is 0 Å². The van der Waals surface area contributed by atoms with Crippen molar-refractivity contribution >= 4 is 17.6 Å². The van der Waals surface area contributed by atoms with Crippen molar-refractivity contribution < 1.29 is 9.90 Å². The van der Waals surface area contributed by atoms with Crippen LogP contribution in [0.5, 0.6) is 0 Å². The van der Waals surface area contributed by atoms with E-state index in [0.29, 0.717) is 6.54 Å². The van der Waals surface area contributed by atoms with Crippen molar-refractivity contribution in [2.75, 3.05) is 19.6 Å². The zero-order valence-electron chi connectivity index (χ0n) is 8.58. The normalized spacial score (nSPS) is 26.0. The van der Waals surface area contributed by atoms with E-state index in [1.807, 2.05) is 0 Å². The molecule has 82 valence electrons. The third kappa shape index (κ3) is 3.46. The Kier molecular flexibility index (Phi) is 4.69. The van der Waals surface area contributed by atoms with E-state index in [1.54, 1.807) is 0 Å². The van der Waals surface area contributed by atoms with Crippen molar-refractivity contribution in [2.45, 2.75) is 31.6 Å². The number of carboxylic acid groups (broad SMARTS) is 1. The Morgan fingerprint density at radius 1 is 1.71 bits per heavy atom. The van der Waals surface area contributed by atoms with Gasteiger partial charge in [-0.25, -0.2) is 0 Å².